The van der Waals surface area contributed by atoms with Crippen molar-refractivity contribution in [2.75, 3.05) is 0 Å². The Labute approximate surface area is 173 Å². The summed E-state index contributed by atoms with van der Waals surface area (Å²) in [5, 5.41) is 0. The molecule has 4 nitrogen and oxygen atoms in total. The molecule has 0 aliphatic heterocycles. The minimum absolute atomic E-state index is 0.855. The second kappa shape index (κ2) is 8.71. The average molecular weight is 407 g/mol. The first-order chi connectivity index (χ1) is 13.7. The molecule has 4 rings (SSSR count). The lowest BCUT2D eigenvalue weighted by atomic mass is 10.1. The van der Waals surface area contributed by atoms with Crippen LogP contribution in [0.3, 0.4) is 0 Å². The first-order valence-electron chi connectivity index (χ1n) is 9.14. The third kappa shape index (κ3) is 4.18. The summed E-state index contributed by atoms with van der Waals surface area (Å²) in [5.74, 6) is 1.71. The van der Waals surface area contributed by atoms with Gasteiger partial charge in [-0.2, -0.15) is 0 Å². The van der Waals surface area contributed by atoms with Crippen LogP contribution in [0.4, 0.5) is 0 Å². The van der Waals surface area contributed by atoms with Crippen molar-refractivity contribution in [2.24, 2.45) is 0 Å². The summed E-state index contributed by atoms with van der Waals surface area (Å²) >= 11 is 3.66. The number of aromatic nitrogens is 4. The summed E-state index contributed by atoms with van der Waals surface area (Å²) < 4.78 is 0. The topological polar surface area (TPSA) is 57.4 Å². The first-order valence-corrected chi connectivity index (χ1v) is 11.1. The number of thioether (sulfide) groups is 2. The third-order valence-corrected chi connectivity index (χ3v) is 6.83. The first kappa shape index (κ1) is 18.9. The highest BCUT2D eigenvalue weighted by Crippen LogP contribution is 2.39. The number of hydrogen-bond donors (Lipinski definition) is 2. The van der Waals surface area contributed by atoms with Gasteiger partial charge in [-0.05, 0) is 37.1 Å². The average Bonchev–Trinajstić information content (AvgIpc) is 3.33. The van der Waals surface area contributed by atoms with Crippen LogP contribution in [-0.4, -0.2) is 19.9 Å². The summed E-state index contributed by atoms with van der Waals surface area (Å²) in [6.45, 7) is 4.13. The van der Waals surface area contributed by atoms with Gasteiger partial charge in [-0.25, -0.2) is 9.97 Å². The molecule has 4 aromatic rings. The molecule has 0 bridgehead atoms. The van der Waals surface area contributed by atoms with E-state index in [4.69, 9.17) is 0 Å². The van der Waals surface area contributed by atoms with Gasteiger partial charge in [-0.15, -0.1) is 23.5 Å². The van der Waals surface area contributed by atoms with E-state index in [2.05, 4.69) is 82.3 Å². The van der Waals surface area contributed by atoms with E-state index in [0.717, 1.165) is 34.3 Å². The van der Waals surface area contributed by atoms with Gasteiger partial charge in [0.25, 0.3) is 0 Å². The van der Waals surface area contributed by atoms with Crippen LogP contribution in [0.5, 0.6) is 0 Å². The highest BCUT2D eigenvalue weighted by atomic mass is 32.2. The van der Waals surface area contributed by atoms with E-state index in [-0.39, 0.29) is 0 Å². The zero-order valence-electron chi connectivity index (χ0n) is 15.9. The zero-order valence-corrected chi connectivity index (χ0v) is 17.5. The standard InChI is InChI=1S/C22H22N4S2/c1-15-19(25-13-23-15)11-27-21-9-5-3-7-17(21)18-8-4-6-10-22(18)28-12-20-16(2)24-14-26-20/h3-10,13-14H,11-12H2,1-2H3,(H,23,25)(H,24,26). The lowest BCUT2D eigenvalue weighted by Crippen LogP contribution is -1.90. The number of nitrogens with zero attached hydrogens (tertiary/aromatic N) is 2. The van der Waals surface area contributed by atoms with Crippen molar-refractivity contribution in [3.05, 3.63) is 84.0 Å². The van der Waals surface area contributed by atoms with Crippen LogP contribution in [0.1, 0.15) is 22.8 Å². The molecule has 0 atom stereocenters. The van der Waals surface area contributed by atoms with E-state index >= 15 is 0 Å². The zero-order chi connectivity index (χ0) is 19.3. The Morgan fingerprint density at radius 1 is 0.679 bits per heavy atom. The molecule has 2 aromatic carbocycles. The van der Waals surface area contributed by atoms with Crippen molar-refractivity contribution in [3.63, 3.8) is 0 Å². The maximum atomic E-state index is 4.43. The van der Waals surface area contributed by atoms with Gasteiger partial charge in [0.2, 0.25) is 0 Å². The molecule has 0 aliphatic rings. The van der Waals surface area contributed by atoms with E-state index < -0.39 is 0 Å². The minimum atomic E-state index is 0.855. The molecule has 6 heteroatoms. The third-order valence-electron chi connectivity index (χ3n) is 4.66. The molecule has 0 aliphatic carbocycles. The molecule has 0 amide bonds. The Hall–Kier alpha value is -2.44. The summed E-state index contributed by atoms with van der Waals surface area (Å²) in [6, 6.07) is 17.2. The quantitative estimate of drug-likeness (QED) is 0.370. The second-order valence-corrected chi connectivity index (χ2v) is 8.55. The Morgan fingerprint density at radius 3 is 1.50 bits per heavy atom. The van der Waals surface area contributed by atoms with Gasteiger partial charge in [-0.3, -0.25) is 0 Å². The molecule has 0 radical (unpaired) electrons. The number of nitrogens with one attached hydrogen (secondary N) is 2. The molecular weight excluding hydrogens is 384 g/mol. The van der Waals surface area contributed by atoms with Crippen LogP contribution >= 0.6 is 23.5 Å². The van der Waals surface area contributed by atoms with Crippen LogP contribution in [0.25, 0.3) is 11.1 Å². The molecule has 2 heterocycles. The van der Waals surface area contributed by atoms with Crippen molar-refractivity contribution in [1.82, 2.24) is 19.9 Å². The summed E-state index contributed by atoms with van der Waals surface area (Å²) in [6.07, 6.45) is 3.53. The predicted octanol–water partition coefficient (Wildman–Crippen LogP) is 6.00. The Bertz CT molecular complexity index is 982. The van der Waals surface area contributed by atoms with Crippen LogP contribution < -0.4 is 0 Å². The van der Waals surface area contributed by atoms with Gasteiger partial charge in [0.1, 0.15) is 0 Å². The van der Waals surface area contributed by atoms with Gasteiger partial charge in [0.15, 0.2) is 0 Å². The molecule has 0 spiro atoms. The van der Waals surface area contributed by atoms with E-state index in [9.17, 15) is 0 Å². The Balaban J connectivity index is 1.59. The molecular formula is C22H22N4S2. The molecule has 2 N–H and O–H groups in total. The fraction of sp³-hybridized carbons (Fsp3) is 0.182. The van der Waals surface area contributed by atoms with Crippen molar-refractivity contribution in [2.45, 2.75) is 35.1 Å². The number of benzene rings is 2. The van der Waals surface area contributed by atoms with Crippen LogP contribution in [0.2, 0.25) is 0 Å². The fourth-order valence-electron chi connectivity index (χ4n) is 2.99. The van der Waals surface area contributed by atoms with E-state index in [1.54, 1.807) is 12.7 Å². The number of aromatic amines is 2. The smallest absolute Gasteiger partial charge is 0.0925 e. The number of aryl methyl sites for hydroxylation is 2. The molecule has 28 heavy (non-hydrogen) atoms. The van der Waals surface area contributed by atoms with Gasteiger partial charge in [0.05, 0.1) is 24.0 Å². The highest BCUT2D eigenvalue weighted by molar-refractivity contribution is 7.99. The molecule has 0 unspecified atom stereocenters. The second-order valence-electron chi connectivity index (χ2n) is 6.52. The lowest BCUT2D eigenvalue weighted by Gasteiger charge is -2.13. The minimum Gasteiger partial charge on any atom is -0.348 e. The normalized spacial score (nSPS) is 11.1. The maximum absolute atomic E-state index is 4.43. The molecule has 2 aromatic heterocycles. The van der Waals surface area contributed by atoms with Crippen LogP contribution in [0, 0.1) is 13.8 Å². The monoisotopic (exact) mass is 406 g/mol. The number of rotatable bonds is 7. The molecule has 0 saturated carbocycles. The maximum Gasteiger partial charge on any atom is 0.0925 e. The SMILES string of the molecule is Cc1[nH]cnc1CSc1ccccc1-c1ccccc1SCc1nc[nH]c1C. The van der Waals surface area contributed by atoms with Crippen molar-refractivity contribution >= 4 is 23.5 Å². The number of imidazole rings is 2. The molecule has 0 fully saturated rings. The highest BCUT2D eigenvalue weighted by Gasteiger charge is 2.12. The summed E-state index contributed by atoms with van der Waals surface area (Å²) in [5.41, 5.74) is 7.02. The van der Waals surface area contributed by atoms with Gasteiger partial charge in [-0.1, -0.05) is 36.4 Å². The lowest BCUT2D eigenvalue weighted by molar-refractivity contribution is 1.18. The van der Waals surface area contributed by atoms with Crippen molar-refractivity contribution < 1.29 is 0 Å². The number of H-pyrrole nitrogens is 2. The van der Waals surface area contributed by atoms with E-state index in [0.29, 0.717) is 0 Å². The van der Waals surface area contributed by atoms with Gasteiger partial charge in [0, 0.05) is 32.7 Å². The summed E-state index contributed by atoms with van der Waals surface area (Å²) in [4.78, 5) is 17.7. The Kier molecular flexibility index (Phi) is 5.88. The largest absolute Gasteiger partial charge is 0.348 e. The van der Waals surface area contributed by atoms with Crippen LogP contribution in [-0.2, 0) is 11.5 Å². The molecule has 0 saturated heterocycles. The van der Waals surface area contributed by atoms with Gasteiger partial charge >= 0.3 is 0 Å². The van der Waals surface area contributed by atoms with Gasteiger partial charge < -0.3 is 9.97 Å². The summed E-state index contributed by atoms with van der Waals surface area (Å²) in [7, 11) is 0. The molecule has 142 valence electrons. The van der Waals surface area contributed by atoms with Crippen LogP contribution in [0.15, 0.2) is 71.0 Å². The van der Waals surface area contributed by atoms with E-state index in [1.165, 1.54) is 20.9 Å². The van der Waals surface area contributed by atoms with E-state index in [1.807, 2.05) is 23.5 Å². The number of hydrogen-bond acceptors (Lipinski definition) is 4. The Morgan fingerprint density at radius 2 is 1.11 bits per heavy atom. The van der Waals surface area contributed by atoms with Crippen molar-refractivity contribution in [1.29, 1.82) is 0 Å². The predicted molar refractivity (Wildman–Crippen MR) is 118 cm³/mol. The fourth-order valence-corrected chi connectivity index (χ4v) is 5.17. The van der Waals surface area contributed by atoms with Crippen molar-refractivity contribution in [3.8, 4) is 11.1 Å².